The number of carbonyl (C=O) groups excluding carboxylic acids is 1. The van der Waals surface area contributed by atoms with E-state index in [4.69, 9.17) is 14.6 Å². The van der Waals surface area contributed by atoms with Gasteiger partial charge in [0.15, 0.2) is 0 Å². The minimum absolute atomic E-state index is 0.00501. The summed E-state index contributed by atoms with van der Waals surface area (Å²) in [5.41, 5.74) is 1.94. The lowest BCUT2D eigenvalue weighted by atomic mass is 9.99. The zero-order valence-corrected chi connectivity index (χ0v) is 17.1. The van der Waals surface area contributed by atoms with E-state index in [0.29, 0.717) is 26.3 Å². The van der Waals surface area contributed by atoms with Crippen LogP contribution >= 0.6 is 0 Å². The van der Waals surface area contributed by atoms with Gasteiger partial charge in [0.25, 0.3) is 0 Å². The number of aromatic nitrogens is 3. The number of hydrogen-bond acceptors (Lipinski definition) is 6. The molecule has 1 aromatic heterocycles. The van der Waals surface area contributed by atoms with Crippen LogP contribution in [0.2, 0.25) is 0 Å². The minimum atomic E-state index is -5.08. The van der Waals surface area contributed by atoms with Crippen LogP contribution in [0.15, 0.2) is 0 Å². The molecule has 2 amide bonds. The fraction of sp³-hybridized carbons (Fsp3) is 0.750. The summed E-state index contributed by atoms with van der Waals surface area (Å²) in [4.78, 5) is 26.6. The van der Waals surface area contributed by atoms with Gasteiger partial charge in [-0.3, -0.25) is 4.68 Å². The Labute approximate surface area is 166 Å². The van der Waals surface area contributed by atoms with Crippen LogP contribution < -0.4 is 0 Å². The van der Waals surface area contributed by atoms with E-state index in [1.165, 1.54) is 0 Å². The highest BCUT2D eigenvalue weighted by Gasteiger charge is 2.38. The van der Waals surface area contributed by atoms with Crippen LogP contribution in [0.25, 0.3) is 0 Å². The van der Waals surface area contributed by atoms with Gasteiger partial charge in [0, 0.05) is 40.2 Å². The van der Waals surface area contributed by atoms with Crippen LogP contribution in [0.3, 0.4) is 0 Å². The van der Waals surface area contributed by atoms with Crippen molar-refractivity contribution < 1.29 is 32.6 Å². The van der Waals surface area contributed by atoms with Crippen molar-refractivity contribution in [3.05, 3.63) is 11.4 Å². The predicted octanol–water partition coefficient (Wildman–Crippen LogP) is 0.607. The highest BCUT2D eigenvalue weighted by Crippen LogP contribution is 2.27. The number of rotatable bonds is 5. The number of fused-ring (bicyclic) bond motifs is 1. The number of ether oxygens (including phenoxy) is 1. The van der Waals surface area contributed by atoms with Gasteiger partial charge in [-0.25, -0.2) is 9.59 Å². The summed E-state index contributed by atoms with van der Waals surface area (Å²) in [7, 11) is 9.45. The van der Waals surface area contributed by atoms with Crippen molar-refractivity contribution >= 4 is 12.0 Å². The molecule has 166 valence electrons. The Morgan fingerprint density at radius 1 is 1.28 bits per heavy atom. The molecule has 0 saturated carbocycles. The Bertz CT molecular complexity index is 693. The van der Waals surface area contributed by atoms with Crippen LogP contribution in [0.1, 0.15) is 17.3 Å². The van der Waals surface area contributed by atoms with E-state index in [1.54, 1.807) is 28.6 Å². The molecule has 0 radical (unpaired) electrons. The standard InChI is InChI=1S/C14H26N6O2.C2HF3O2/c1-17(2)6-7-22-10-11-8-20(14(21)18(3)4)9-12-13(11)19(5)16-15-12;3-2(4,5)1(6)7/h11H,6-10H2,1-5H3;(H,6,7). The van der Waals surface area contributed by atoms with Gasteiger partial charge < -0.3 is 24.5 Å². The number of alkyl halides is 3. The summed E-state index contributed by atoms with van der Waals surface area (Å²) in [5, 5.41) is 15.4. The fourth-order valence-corrected chi connectivity index (χ4v) is 2.65. The van der Waals surface area contributed by atoms with E-state index in [-0.39, 0.29) is 11.9 Å². The van der Waals surface area contributed by atoms with E-state index in [1.807, 2.05) is 21.1 Å². The van der Waals surface area contributed by atoms with E-state index in [9.17, 15) is 18.0 Å². The molecule has 2 rings (SSSR count). The maximum atomic E-state index is 12.2. The van der Waals surface area contributed by atoms with Crippen LogP contribution in [0.4, 0.5) is 18.0 Å². The quantitative estimate of drug-likeness (QED) is 0.691. The molecule has 0 aliphatic carbocycles. The molecule has 0 fully saturated rings. The summed E-state index contributed by atoms with van der Waals surface area (Å²) in [6, 6.07) is -0.00501. The molecule has 0 aromatic carbocycles. The van der Waals surface area contributed by atoms with Gasteiger partial charge in [0.2, 0.25) is 0 Å². The Morgan fingerprint density at radius 3 is 2.34 bits per heavy atom. The monoisotopic (exact) mass is 424 g/mol. The number of hydrogen-bond donors (Lipinski definition) is 1. The number of carbonyl (C=O) groups is 2. The summed E-state index contributed by atoms with van der Waals surface area (Å²) in [6.07, 6.45) is -5.08. The molecule has 29 heavy (non-hydrogen) atoms. The van der Waals surface area contributed by atoms with Gasteiger partial charge in [0.1, 0.15) is 5.69 Å². The molecule has 10 nitrogen and oxygen atoms in total. The summed E-state index contributed by atoms with van der Waals surface area (Å²) in [5.74, 6) is -2.65. The van der Waals surface area contributed by atoms with Crippen molar-refractivity contribution in [1.82, 2.24) is 29.7 Å². The zero-order valence-electron chi connectivity index (χ0n) is 17.1. The van der Waals surface area contributed by atoms with Crippen molar-refractivity contribution in [1.29, 1.82) is 0 Å². The summed E-state index contributed by atoms with van der Waals surface area (Å²) in [6.45, 7) is 3.26. The molecule has 1 atom stereocenters. The number of amides is 2. The number of aliphatic carboxylic acids is 1. The first-order valence-corrected chi connectivity index (χ1v) is 8.71. The SMILES string of the molecule is CN(C)CCOCC1CN(C(=O)N(C)C)Cc2nnn(C)c21.O=C(O)C(F)(F)F. The number of carboxylic acids is 1. The lowest BCUT2D eigenvalue weighted by Gasteiger charge is -2.33. The van der Waals surface area contributed by atoms with Crippen molar-refractivity contribution in [2.75, 3.05) is 54.5 Å². The van der Waals surface area contributed by atoms with E-state index in [2.05, 4.69) is 15.2 Å². The smallest absolute Gasteiger partial charge is 0.475 e. The van der Waals surface area contributed by atoms with Crippen molar-refractivity contribution in [3.8, 4) is 0 Å². The Kier molecular flexibility index (Phi) is 8.82. The highest BCUT2D eigenvalue weighted by molar-refractivity contribution is 5.74. The molecule has 0 spiro atoms. The third kappa shape index (κ3) is 7.49. The molecule has 1 aliphatic heterocycles. The minimum Gasteiger partial charge on any atom is -0.475 e. The van der Waals surface area contributed by atoms with Gasteiger partial charge in [-0.1, -0.05) is 5.21 Å². The average molecular weight is 424 g/mol. The van der Waals surface area contributed by atoms with Crippen molar-refractivity contribution in [2.45, 2.75) is 18.6 Å². The molecule has 1 unspecified atom stereocenters. The Hall–Kier alpha value is -2.41. The zero-order chi connectivity index (χ0) is 22.4. The first-order chi connectivity index (χ1) is 13.3. The van der Waals surface area contributed by atoms with Crippen molar-refractivity contribution in [3.63, 3.8) is 0 Å². The molecule has 0 bridgehead atoms. The second-order valence-electron chi connectivity index (χ2n) is 6.98. The Balaban J connectivity index is 0.000000516. The van der Waals surface area contributed by atoms with Gasteiger partial charge in [0.05, 0.1) is 25.5 Å². The largest absolute Gasteiger partial charge is 0.490 e. The maximum absolute atomic E-state index is 12.2. The van der Waals surface area contributed by atoms with Gasteiger partial charge in [-0.2, -0.15) is 13.2 Å². The first-order valence-electron chi connectivity index (χ1n) is 8.71. The van der Waals surface area contributed by atoms with E-state index >= 15 is 0 Å². The third-order valence-electron chi connectivity index (χ3n) is 4.01. The topological polar surface area (TPSA) is 104 Å². The molecule has 13 heteroatoms. The number of urea groups is 1. The number of nitrogens with zero attached hydrogens (tertiary/aromatic N) is 6. The molecule has 1 aliphatic rings. The van der Waals surface area contributed by atoms with E-state index in [0.717, 1.165) is 17.9 Å². The average Bonchev–Trinajstić information content (AvgIpc) is 2.98. The number of likely N-dealkylation sites (N-methyl/N-ethyl adjacent to an activating group) is 1. The summed E-state index contributed by atoms with van der Waals surface area (Å²) >= 11 is 0. The summed E-state index contributed by atoms with van der Waals surface area (Å²) < 4.78 is 39.3. The van der Waals surface area contributed by atoms with Gasteiger partial charge in [-0.15, -0.1) is 5.10 Å². The van der Waals surface area contributed by atoms with Gasteiger partial charge in [-0.05, 0) is 14.1 Å². The number of aryl methyl sites for hydroxylation is 1. The van der Waals surface area contributed by atoms with Crippen LogP contribution in [0.5, 0.6) is 0 Å². The fourth-order valence-electron chi connectivity index (χ4n) is 2.65. The molecule has 1 N–H and O–H groups in total. The van der Waals surface area contributed by atoms with Crippen LogP contribution in [-0.2, 0) is 23.1 Å². The van der Waals surface area contributed by atoms with Crippen LogP contribution in [-0.4, -0.2) is 107 Å². The second kappa shape index (κ2) is 10.4. The molecule has 0 saturated heterocycles. The maximum Gasteiger partial charge on any atom is 0.490 e. The van der Waals surface area contributed by atoms with Crippen molar-refractivity contribution in [2.24, 2.45) is 7.05 Å². The molecule has 1 aromatic rings. The molecule has 2 heterocycles. The first kappa shape index (κ1) is 24.6. The molecular weight excluding hydrogens is 397 g/mol. The lowest BCUT2D eigenvalue weighted by molar-refractivity contribution is -0.192. The third-order valence-corrected chi connectivity index (χ3v) is 4.01. The van der Waals surface area contributed by atoms with Gasteiger partial charge >= 0.3 is 18.2 Å². The normalized spacial score (nSPS) is 16.2. The Morgan fingerprint density at radius 2 is 1.86 bits per heavy atom. The lowest BCUT2D eigenvalue weighted by Crippen LogP contribution is -2.44. The van der Waals surface area contributed by atoms with Crippen LogP contribution in [0, 0.1) is 0 Å². The van der Waals surface area contributed by atoms with E-state index < -0.39 is 12.1 Å². The highest BCUT2D eigenvalue weighted by atomic mass is 19.4. The second-order valence-corrected chi connectivity index (χ2v) is 6.98. The number of halogens is 3. The predicted molar refractivity (Wildman–Crippen MR) is 96.3 cm³/mol. The number of carboxylic acid groups (broad SMARTS) is 1. The molecular formula is C16H27F3N6O4.